The van der Waals surface area contributed by atoms with E-state index in [9.17, 15) is 14.0 Å². The number of carbonyl (C=O) groups excluding carboxylic acids is 1. The van der Waals surface area contributed by atoms with Crippen LogP contribution in [0.15, 0.2) is 66.7 Å². The smallest absolute Gasteiger partial charge is 0.303 e. The van der Waals surface area contributed by atoms with Gasteiger partial charge in [0.05, 0.1) is 17.0 Å². The molecule has 0 spiro atoms. The number of hydrogen-bond acceptors (Lipinski definition) is 4. The van der Waals surface area contributed by atoms with E-state index in [1.54, 1.807) is 6.07 Å². The lowest BCUT2D eigenvalue weighted by atomic mass is 9.90. The van der Waals surface area contributed by atoms with Crippen LogP contribution in [-0.4, -0.2) is 17.0 Å². The largest absolute Gasteiger partial charge is 0.481 e. The molecule has 3 aromatic rings. The van der Waals surface area contributed by atoms with Gasteiger partial charge in [-0.2, -0.15) is 0 Å². The van der Waals surface area contributed by atoms with Crippen molar-refractivity contribution >= 4 is 34.5 Å². The molecule has 1 amide bonds. The lowest BCUT2D eigenvalue weighted by Crippen LogP contribution is -2.31. The zero-order chi connectivity index (χ0) is 25.2. The lowest BCUT2D eigenvalue weighted by molar-refractivity contribution is -0.137. The maximum Gasteiger partial charge on any atom is 0.303 e. The second-order valence-corrected chi connectivity index (χ2v) is 8.96. The molecule has 1 atom stereocenters. The molecule has 0 bridgehead atoms. The minimum Gasteiger partial charge on any atom is -0.481 e. The third kappa shape index (κ3) is 5.25. The summed E-state index contributed by atoms with van der Waals surface area (Å²) < 4.78 is 13.8. The number of carboxylic acids is 1. The van der Waals surface area contributed by atoms with E-state index in [2.05, 4.69) is 10.6 Å². The molecule has 0 fully saturated rings. The number of nitrogens with one attached hydrogen (secondary N) is 2. The number of halogens is 1. The lowest BCUT2D eigenvalue weighted by Gasteiger charge is -2.24. The first kappa shape index (κ1) is 24.2. The summed E-state index contributed by atoms with van der Waals surface area (Å²) in [6.45, 7) is 4.01. The molecule has 0 aliphatic carbocycles. The molecule has 0 saturated heterocycles. The normalized spacial score (nSPS) is 15.7. The zero-order valence-corrected chi connectivity index (χ0v) is 19.7. The van der Waals surface area contributed by atoms with Crippen molar-refractivity contribution in [3.05, 3.63) is 94.8 Å². The molecule has 0 radical (unpaired) electrons. The Morgan fingerprint density at radius 1 is 1.11 bits per heavy atom. The van der Waals surface area contributed by atoms with Crippen LogP contribution in [0.25, 0.3) is 11.3 Å². The Morgan fingerprint density at radius 3 is 2.54 bits per heavy atom. The van der Waals surface area contributed by atoms with Crippen LogP contribution >= 0.6 is 0 Å². The number of nitrogens with two attached hydrogens (primary N) is 1. The summed E-state index contributed by atoms with van der Waals surface area (Å²) >= 11 is 0. The maximum atomic E-state index is 13.8. The van der Waals surface area contributed by atoms with Crippen molar-refractivity contribution in [1.29, 1.82) is 0 Å². The van der Waals surface area contributed by atoms with Crippen LogP contribution in [-0.2, 0) is 21.5 Å². The number of carboxylic acid groups (broad SMARTS) is 1. The molecule has 35 heavy (non-hydrogen) atoms. The first-order valence-electron chi connectivity index (χ1n) is 11.5. The van der Waals surface area contributed by atoms with Gasteiger partial charge in [0.15, 0.2) is 0 Å². The number of benzene rings is 3. The molecule has 1 heterocycles. The highest BCUT2D eigenvalue weighted by Gasteiger charge is 2.29. The molecule has 1 aliphatic rings. The summed E-state index contributed by atoms with van der Waals surface area (Å²) in [5.74, 6) is -1.66. The van der Waals surface area contributed by atoms with Gasteiger partial charge >= 0.3 is 5.97 Å². The third-order valence-corrected chi connectivity index (χ3v) is 6.37. The van der Waals surface area contributed by atoms with Gasteiger partial charge in [-0.1, -0.05) is 37.3 Å². The SMILES string of the molecule is CCC(C)(N)c1ccc(N/C(=C2\C(=O)Nc3cc(F)ccc32)c2cccc(CCC(=O)O)c2)cc1. The Balaban J connectivity index is 1.80. The number of fused-ring (bicyclic) bond motifs is 1. The summed E-state index contributed by atoms with van der Waals surface area (Å²) in [6, 6.07) is 19.3. The summed E-state index contributed by atoms with van der Waals surface area (Å²) in [5, 5.41) is 15.2. The molecular formula is C28H28FN3O3. The topological polar surface area (TPSA) is 104 Å². The standard InChI is InChI=1S/C28H28FN3O3/c1-3-28(2,30)19-8-11-21(12-9-19)31-26(18-6-4-5-17(15-18)7-14-24(33)34)25-22-13-10-20(29)16-23(22)32-27(25)35/h4-6,8-13,15-16,31H,3,7,14,30H2,1-2H3,(H,32,35)(H,33,34)/b26-25-. The van der Waals surface area contributed by atoms with Crippen LogP contribution in [0.3, 0.4) is 0 Å². The predicted molar refractivity (Wildman–Crippen MR) is 136 cm³/mol. The fourth-order valence-corrected chi connectivity index (χ4v) is 4.09. The number of anilines is 2. The van der Waals surface area contributed by atoms with E-state index in [4.69, 9.17) is 10.8 Å². The molecule has 7 heteroatoms. The number of rotatable bonds is 8. The van der Waals surface area contributed by atoms with Crippen molar-refractivity contribution in [2.45, 2.75) is 38.6 Å². The van der Waals surface area contributed by atoms with E-state index < -0.39 is 17.3 Å². The summed E-state index contributed by atoms with van der Waals surface area (Å²) in [7, 11) is 0. The average molecular weight is 474 g/mol. The number of amides is 1. The molecule has 1 unspecified atom stereocenters. The van der Waals surface area contributed by atoms with Crippen molar-refractivity contribution in [1.82, 2.24) is 0 Å². The van der Waals surface area contributed by atoms with Gasteiger partial charge in [-0.05, 0) is 72.9 Å². The van der Waals surface area contributed by atoms with Crippen molar-refractivity contribution < 1.29 is 19.1 Å². The maximum absolute atomic E-state index is 13.8. The minimum atomic E-state index is -0.877. The van der Waals surface area contributed by atoms with Crippen molar-refractivity contribution in [2.24, 2.45) is 5.73 Å². The molecule has 180 valence electrons. The van der Waals surface area contributed by atoms with Crippen LogP contribution < -0.4 is 16.4 Å². The molecule has 1 aliphatic heterocycles. The molecule has 3 aromatic carbocycles. The van der Waals surface area contributed by atoms with Gasteiger partial charge in [0, 0.05) is 23.2 Å². The first-order chi connectivity index (χ1) is 16.7. The number of carbonyl (C=O) groups is 2. The summed E-state index contributed by atoms with van der Waals surface area (Å²) in [5.41, 5.74) is 11.1. The highest BCUT2D eigenvalue weighted by molar-refractivity contribution is 6.37. The molecule has 6 nitrogen and oxygen atoms in total. The monoisotopic (exact) mass is 473 g/mol. The summed E-state index contributed by atoms with van der Waals surface area (Å²) in [6.07, 6.45) is 1.15. The van der Waals surface area contributed by atoms with E-state index in [0.717, 1.165) is 28.8 Å². The van der Waals surface area contributed by atoms with E-state index in [1.807, 2.05) is 62.4 Å². The van der Waals surface area contributed by atoms with Crippen molar-refractivity contribution in [2.75, 3.05) is 10.6 Å². The quantitative estimate of drug-likeness (QED) is 0.330. The fourth-order valence-electron chi connectivity index (χ4n) is 4.09. The second-order valence-electron chi connectivity index (χ2n) is 8.96. The van der Waals surface area contributed by atoms with Gasteiger partial charge in [-0.3, -0.25) is 9.59 Å². The Bertz CT molecular complexity index is 1310. The van der Waals surface area contributed by atoms with Crippen LogP contribution in [0.1, 0.15) is 48.9 Å². The zero-order valence-electron chi connectivity index (χ0n) is 19.7. The van der Waals surface area contributed by atoms with Gasteiger partial charge in [0.2, 0.25) is 0 Å². The Kier molecular flexibility index (Phi) is 6.71. The van der Waals surface area contributed by atoms with Gasteiger partial charge in [-0.25, -0.2) is 4.39 Å². The van der Waals surface area contributed by atoms with Crippen molar-refractivity contribution in [3.8, 4) is 0 Å². The Morgan fingerprint density at radius 2 is 1.86 bits per heavy atom. The van der Waals surface area contributed by atoms with Crippen LogP contribution in [0.4, 0.5) is 15.8 Å². The van der Waals surface area contributed by atoms with Crippen LogP contribution in [0.2, 0.25) is 0 Å². The van der Waals surface area contributed by atoms with Gasteiger partial charge in [0.25, 0.3) is 5.91 Å². The minimum absolute atomic E-state index is 0.00211. The van der Waals surface area contributed by atoms with E-state index >= 15 is 0 Å². The van der Waals surface area contributed by atoms with Gasteiger partial charge < -0.3 is 21.5 Å². The second kappa shape index (κ2) is 9.72. The van der Waals surface area contributed by atoms with E-state index in [-0.39, 0.29) is 12.3 Å². The molecule has 0 aromatic heterocycles. The highest BCUT2D eigenvalue weighted by atomic mass is 19.1. The average Bonchev–Trinajstić information content (AvgIpc) is 3.16. The van der Waals surface area contributed by atoms with Gasteiger partial charge in [-0.15, -0.1) is 0 Å². The summed E-state index contributed by atoms with van der Waals surface area (Å²) in [4.78, 5) is 24.1. The molecule has 4 rings (SSSR count). The number of aliphatic carboxylic acids is 1. The Labute approximate surface area is 203 Å². The van der Waals surface area contributed by atoms with E-state index in [0.29, 0.717) is 28.9 Å². The van der Waals surface area contributed by atoms with Crippen LogP contribution in [0, 0.1) is 5.82 Å². The third-order valence-electron chi connectivity index (χ3n) is 6.37. The Hall–Kier alpha value is -3.97. The fraction of sp³-hybridized carbons (Fsp3) is 0.214. The molecular weight excluding hydrogens is 445 g/mol. The van der Waals surface area contributed by atoms with Gasteiger partial charge in [0.1, 0.15) is 5.82 Å². The number of hydrogen-bond donors (Lipinski definition) is 4. The van der Waals surface area contributed by atoms with E-state index in [1.165, 1.54) is 12.1 Å². The predicted octanol–water partition coefficient (Wildman–Crippen LogP) is 5.36. The van der Waals surface area contributed by atoms with Crippen LogP contribution in [0.5, 0.6) is 0 Å². The molecule has 5 N–H and O–H groups in total. The molecule has 0 saturated carbocycles. The van der Waals surface area contributed by atoms with Crippen molar-refractivity contribution in [3.63, 3.8) is 0 Å². The number of aryl methyl sites for hydroxylation is 1. The highest BCUT2D eigenvalue weighted by Crippen LogP contribution is 2.38. The first-order valence-corrected chi connectivity index (χ1v) is 11.5.